The first-order valence-electron chi connectivity index (χ1n) is 7.05. The van der Waals surface area contributed by atoms with E-state index < -0.39 is 0 Å². The molecule has 2 fully saturated rings. The van der Waals surface area contributed by atoms with Crippen molar-refractivity contribution in [2.24, 2.45) is 5.92 Å². The zero-order valence-corrected chi connectivity index (χ0v) is 11.4. The highest BCUT2D eigenvalue weighted by Crippen LogP contribution is 2.12. The van der Waals surface area contributed by atoms with Crippen LogP contribution < -0.4 is 10.6 Å². The summed E-state index contributed by atoms with van der Waals surface area (Å²) in [5.74, 6) is 0.592. The number of morpholine rings is 1. The molecule has 0 spiro atoms. The Kier molecular flexibility index (Phi) is 4.97. The molecule has 3 atom stereocenters. The van der Waals surface area contributed by atoms with Crippen LogP contribution in [0.15, 0.2) is 0 Å². The smallest absolute Gasteiger partial charge is 0.250 e. The van der Waals surface area contributed by atoms with Gasteiger partial charge in [0.15, 0.2) is 0 Å². The molecule has 5 heteroatoms. The summed E-state index contributed by atoms with van der Waals surface area (Å²) >= 11 is 0. The maximum Gasteiger partial charge on any atom is 0.250 e. The normalized spacial score (nSPS) is 34.2. The third-order valence-corrected chi connectivity index (χ3v) is 4.05. The molecule has 104 valence electrons. The van der Waals surface area contributed by atoms with Crippen LogP contribution in [0.25, 0.3) is 0 Å². The molecule has 2 saturated heterocycles. The first-order chi connectivity index (χ1) is 8.70. The molecule has 0 aromatic carbocycles. The van der Waals surface area contributed by atoms with Gasteiger partial charge in [0.1, 0.15) is 6.10 Å². The maximum absolute atomic E-state index is 12.2. The Labute approximate surface area is 109 Å². The lowest BCUT2D eigenvalue weighted by atomic mass is 9.94. The quantitative estimate of drug-likeness (QED) is 0.735. The van der Waals surface area contributed by atoms with Crippen molar-refractivity contribution in [3.63, 3.8) is 0 Å². The van der Waals surface area contributed by atoms with E-state index in [1.54, 1.807) is 0 Å². The monoisotopic (exact) mass is 255 g/mol. The minimum absolute atomic E-state index is 0.0497. The molecule has 0 bridgehead atoms. The molecule has 0 aromatic rings. The summed E-state index contributed by atoms with van der Waals surface area (Å²) in [4.78, 5) is 14.4. The van der Waals surface area contributed by atoms with Crippen molar-refractivity contribution in [1.82, 2.24) is 15.5 Å². The minimum Gasteiger partial charge on any atom is -0.366 e. The number of hydrogen-bond acceptors (Lipinski definition) is 4. The van der Waals surface area contributed by atoms with Gasteiger partial charge in [0, 0.05) is 25.7 Å². The largest absolute Gasteiger partial charge is 0.366 e. The highest BCUT2D eigenvalue weighted by Gasteiger charge is 2.29. The maximum atomic E-state index is 12.2. The van der Waals surface area contributed by atoms with Crippen molar-refractivity contribution < 1.29 is 9.53 Å². The number of rotatable bonds is 3. The number of ether oxygens (including phenoxy) is 1. The van der Waals surface area contributed by atoms with Gasteiger partial charge in [-0.2, -0.15) is 0 Å². The summed E-state index contributed by atoms with van der Waals surface area (Å²) in [6.45, 7) is 9.53. The predicted molar refractivity (Wildman–Crippen MR) is 70.4 cm³/mol. The van der Waals surface area contributed by atoms with Crippen LogP contribution in [0.2, 0.25) is 0 Å². The van der Waals surface area contributed by atoms with Crippen LogP contribution in [0.3, 0.4) is 0 Å². The lowest BCUT2D eigenvalue weighted by Crippen LogP contribution is -2.56. The van der Waals surface area contributed by atoms with Crippen LogP contribution in [0, 0.1) is 5.92 Å². The molecule has 18 heavy (non-hydrogen) atoms. The fourth-order valence-electron chi connectivity index (χ4n) is 2.61. The SMILES string of the molecule is CCN1CCOC(C(=O)NC2CNCCC2C)C1. The van der Waals surface area contributed by atoms with Gasteiger partial charge in [0.2, 0.25) is 0 Å². The first-order valence-corrected chi connectivity index (χ1v) is 7.05. The lowest BCUT2D eigenvalue weighted by molar-refractivity contribution is -0.139. The second kappa shape index (κ2) is 6.50. The number of nitrogens with zero attached hydrogens (tertiary/aromatic N) is 1. The Morgan fingerprint density at radius 3 is 3.11 bits per heavy atom. The zero-order chi connectivity index (χ0) is 13.0. The van der Waals surface area contributed by atoms with E-state index in [0.717, 1.165) is 39.1 Å². The minimum atomic E-state index is -0.298. The van der Waals surface area contributed by atoms with Crippen molar-refractivity contribution in [2.75, 3.05) is 39.3 Å². The molecule has 2 aliphatic heterocycles. The molecule has 2 rings (SSSR count). The number of carbonyl (C=O) groups excluding carboxylic acids is 1. The number of likely N-dealkylation sites (N-methyl/N-ethyl adjacent to an activating group) is 1. The summed E-state index contributed by atoms with van der Waals surface area (Å²) < 4.78 is 5.57. The second-order valence-corrected chi connectivity index (χ2v) is 5.34. The Morgan fingerprint density at radius 2 is 2.39 bits per heavy atom. The Balaban J connectivity index is 1.83. The van der Waals surface area contributed by atoms with E-state index in [1.165, 1.54) is 0 Å². The van der Waals surface area contributed by atoms with Crippen LogP contribution in [-0.4, -0.2) is 62.3 Å². The number of hydrogen-bond donors (Lipinski definition) is 2. The van der Waals surface area contributed by atoms with E-state index in [2.05, 4.69) is 29.4 Å². The van der Waals surface area contributed by atoms with Crippen LogP contribution in [-0.2, 0) is 9.53 Å². The predicted octanol–water partition coefficient (Wildman–Crippen LogP) is -0.179. The van der Waals surface area contributed by atoms with Gasteiger partial charge in [-0.15, -0.1) is 0 Å². The summed E-state index contributed by atoms with van der Waals surface area (Å²) in [6, 6.07) is 0.242. The van der Waals surface area contributed by atoms with E-state index >= 15 is 0 Å². The molecule has 0 aliphatic carbocycles. The van der Waals surface area contributed by atoms with Gasteiger partial charge in [0.05, 0.1) is 6.61 Å². The van der Waals surface area contributed by atoms with Crippen molar-refractivity contribution in [1.29, 1.82) is 0 Å². The second-order valence-electron chi connectivity index (χ2n) is 5.34. The van der Waals surface area contributed by atoms with Gasteiger partial charge < -0.3 is 15.4 Å². The Bertz CT molecular complexity index is 285. The standard InChI is InChI=1S/C13H25N3O2/c1-3-16-6-7-18-12(9-16)13(17)15-11-8-14-5-4-10(11)2/h10-12,14H,3-9H2,1-2H3,(H,15,17). The third kappa shape index (κ3) is 3.43. The Morgan fingerprint density at radius 1 is 1.56 bits per heavy atom. The summed E-state index contributed by atoms with van der Waals surface area (Å²) in [7, 11) is 0. The molecule has 3 unspecified atom stereocenters. The highest BCUT2D eigenvalue weighted by atomic mass is 16.5. The fourth-order valence-corrected chi connectivity index (χ4v) is 2.61. The van der Waals surface area contributed by atoms with Crippen molar-refractivity contribution in [3.8, 4) is 0 Å². The molecule has 0 aromatic heterocycles. The van der Waals surface area contributed by atoms with Crippen LogP contribution >= 0.6 is 0 Å². The van der Waals surface area contributed by atoms with E-state index in [1.807, 2.05) is 0 Å². The molecule has 5 nitrogen and oxygen atoms in total. The summed E-state index contributed by atoms with van der Waals surface area (Å²) in [6.07, 6.45) is 0.824. The fraction of sp³-hybridized carbons (Fsp3) is 0.923. The molecule has 2 heterocycles. The van der Waals surface area contributed by atoms with Crippen molar-refractivity contribution >= 4 is 5.91 Å². The number of amides is 1. The van der Waals surface area contributed by atoms with E-state index in [0.29, 0.717) is 12.5 Å². The van der Waals surface area contributed by atoms with E-state index in [9.17, 15) is 4.79 Å². The molecule has 0 radical (unpaired) electrons. The molecule has 2 aliphatic rings. The Hall–Kier alpha value is -0.650. The average molecular weight is 255 g/mol. The van der Waals surface area contributed by atoms with Crippen LogP contribution in [0.5, 0.6) is 0 Å². The number of nitrogens with one attached hydrogen (secondary N) is 2. The summed E-state index contributed by atoms with van der Waals surface area (Å²) in [5, 5.41) is 6.46. The van der Waals surface area contributed by atoms with Gasteiger partial charge in [-0.3, -0.25) is 9.69 Å². The van der Waals surface area contributed by atoms with Gasteiger partial charge >= 0.3 is 0 Å². The van der Waals surface area contributed by atoms with E-state index in [-0.39, 0.29) is 18.1 Å². The van der Waals surface area contributed by atoms with Crippen molar-refractivity contribution in [3.05, 3.63) is 0 Å². The lowest BCUT2D eigenvalue weighted by Gasteiger charge is -2.34. The number of piperidine rings is 1. The van der Waals surface area contributed by atoms with Gasteiger partial charge in [0.25, 0.3) is 5.91 Å². The van der Waals surface area contributed by atoms with Gasteiger partial charge in [-0.05, 0) is 25.4 Å². The summed E-state index contributed by atoms with van der Waals surface area (Å²) in [5.41, 5.74) is 0. The topological polar surface area (TPSA) is 53.6 Å². The molecular weight excluding hydrogens is 230 g/mol. The first kappa shape index (κ1) is 13.8. The van der Waals surface area contributed by atoms with Crippen molar-refractivity contribution in [2.45, 2.75) is 32.4 Å². The van der Waals surface area contributed by atoms with E-state index in [4.69, 9.17) is 4.74 Å². The number of carbonyl (C=O) groups is 1. The molecule has 1 amide bonds. The molecular formula is C13H25N3O2. The highest BCUT2D eigenvalue weighted by molar-refractivity contribution is 5.81. The van der Waals surface area contributed by atoms with Crippen LogP contribution in [0.4, 0.5) is 0 Å². The average Bonchev–Trinajstić information content (AvgIpc) is 2.41. The molecule has 2 N–H and O–H groups in total. The van der Waals surface area contributed by atoms with Gasteiger partial charge in [-0.1, -0.05) is 13.8 Å². The zero-order valence-electron chi connectivity index (χ0n) is 11.4. The molecule has 0 saturated carbocycles. The third-order valence-electron chi connectivity index (χ3n) is 4.05. The van der Waals surface area contributed by atoms with Crippen LogP contribution in [0.1, 0.15) is 20.3 Å². The van der Waals surface area contributed by atoms with Gasteiger partial charge in [-0.25, -0.2) is 0 Å².